The Morgan fingerprint density at radius 2 is 1.60 bits per heavy atom. The van der Waals surface area contributed by atoms with Crippen molar-refractivity contribution in [3.63, 3.8) is 0 Å². The van der Waals surface area contributed by atoms with Crippen molar-refractivity contribution in [1.82, 2.24) is 0 Å². The monoisotopic (exact) mass is 198 g/mol. The molecule has 15 heavy (non-hydrogen) atoms. The Hall–Kier alpha value is -1.04. The largest absolute Gasteiger partial charge is 0.103 e. The van der Waals surface area contributed by atoms with Crippen molar-refractivity contribution in [2.75, 3.05) is 0 Å². The van der Waals surface area contributed by atoms with Crippen LogP contribution in [0.15, 0.2) is 18.7 Å². The van der Waals surface area contributed by atoms with E-state index in [-0.39, 0.29) is 0 Å². The molecule has 0 heteroatoms. The summed E-state index contributed by atoms with van der Waals surface area (Å²) in [5, 5.41) is 0. The van der Waals surface area contributed by atoms with Gasteiger partial charge >= 0.3 is 0 Å². The lowest BCUT2D eigenvalue weighted by Crippen LogP contribution is -1.99. The molecule has 0 bridgehead atoms. The van der Waals surface area contributed by atoms with Crippen LogP contribution in [0.5, 0.6) is 0 Å². The Labute approximate surface area is 92.0 Å². The Bertz CT molecular complexity index is 380. The zero-order valence-corrected chi connectivity index (χ0v) is 9.31. The molecule has 0 N–H and O–H groups in total. The van der Waals surface area contributed by atoms with Crippen LogP contribution in [-0.4, -0.2) is 0 Å². The number of allylic oxidation sites excluding steroid dienone is 1. The summed E-state index contributed by atoms with van der Waals surface area (Å²) in [4.78, 5) is 0. The molecule has 0 spiro atoms. The van der Waals surface area contributed by atoms with Crippen molar-refractivity contribution in [3.05, 3.63) is 46.5 Å². The van der Waals surface area contributed by atoms with Crippen molar-refractivity contribution in [2.45, 2.75) is 44.9 Å². The van der Waals surface area contributed by atoms with Crippen LogP contribution in [0.4, 0.5) is 0 Å². The fourth-order valence-corrected chi connectivity index (χ4v) is 3.33. The fraction of sp³-hybridized carbons (Fsp3) is 0.467. The summed E-state index contributed by atoms with van der Waals surface area (Å²) in [7, 11) is 0. The van der Waals surface area contributed by atoms with Gasteiger partial charge in [-0.2, -0.15) is 0 Å². The molecule has 0 aromatic heterocycles. The maximum Gasteiger partial charge on any atom is -0.00945 e. The molecule has 0 fully saturated rings. The second-order valence-corrected chi connectivity index (χ2v) is 4.83. The molecule has 0 atom stereocenters. The summed E-state index contributed by atoms with van der Waals surface area (Å²) in [5.41, 5.74) is 8.29. The summed E-state index contributed by atoms with van der Waals surface area (Å²) in [6.07, 6.45) is 11.1. The maximum absolute atomic E-state index is 3.91. The first-order valence-electron chi connectivity index (χ1n) is 6.16. The Morgan fingerprint density at radius 3 is 2.13 bits per heavy atom. The normalized spacial score (nSPS) is 17.6. The SMILES string of the molecule is C=CCc1c2c(cc3c1CCC3)CCC2. The van der Waals surface area contributed by atoms with Crippen molar-refractivity contribution in [2.24, 2.45) is 0 Å². The van der Waals surface area contributed by atoms with E-state index in [0.29, 0.717) is 0 Å². The average Bonchev–Trinajstić information content (AvgIpc) is 2.84. The number of benzene rings is 1. The Balaban J connectivity index is 2.19. The standard InChI is InChI=1S/C15H18/c1-2-5-15-13-8-3-6-11(13)10-12-7-4-9-14(12)15/h2,10H,1,3-9H2. The molecule has 0 saturated heterocycles. The van der Waals surface area contributed by atoms with Crippen LogP contribution < -0.4 is 0 Å². The highest BCUT2D eigenvalue weighted by molar-refractivity contribution is 5.50. The molecule has 0 saturated carbocycles. The quantitative estimate of drug-likeness (QED) is 0.639. The highest BCUT2D eigenvalue weighted by Crippen LogP contribution is 2.35. The minimum Gasteiger partial charge on any atom is -0.103 e. The molecule has 0 nitrogen and oxygen atoms in total. The molecule has 78 valence electrons. The first kappa shape index (κ1) is 9.21. The van der Waals surface area contributed by atoms with Gasteiger partial charge in [0.15, 0.2) is 0 Å². The molecule has 0 radical (unpaired) electrons. The summed E-state index contributed by atoms with van der Waals surface area (Å²) in [6.45, 7) is 3.91. The second-order valence-electron chi connectivity index (χ2n) is 4.83. The van der Waals surface area contributed by atoms with E-state index >= 15 is 0 Å². The predicted molar refractivity (Wildman–Crippen MR) is 64.4 cm³/mol. The first-order valence-corrected chi connectivity index (χ1v) is 6.16. The second kappa shape index (κ2) is 3.52. The molecule has 2 aliphatic rings. The van der Waals surface area contributed by atoms with E-state index in [4.69, 9.17) is 0 Å². The summed E-state index contributed by atoms with van der Waals surface area (Å²) >= 11 is 0. The van der Waals surface area contributed by atoms with Gasteiger partial charge in [0.1, 0.15) is 0 Å². The predicted octanol–water partition coefficient (Wildman–Crippen LogP) is 3.39. The number of rotatable bonds is 2. The number of hydrogen-bond acceptors (Lipinski definition) is 0. The molecule has 1 aromatic rings. The highest BCUT2D eigenvalue weighted by Gasteiger charge is 2.22. The summed E-state index contributed by atoms with van der Waals surface area (Å²) in [5.74, 6) is 0. The van der Waals surface area contributed by atoms with Crippen LogP contribution in [0.25, 0.3) is 0 Å². The molecule has 3 rings (SSSR count). The smallest absolute Gasteiger partial charge is 0.00945 e. The number of aryl methyl sites for hydroxylation is 2. The van der Waals surface area contributed by atoms with Gasteiger partial charge in [0, 0.05) is 0 Å². The van der Waals surface area contributed by atoms with E-state index in [1.165, 1.54) is 38.5 Å². The van der Waals surface area contributed by atoms with Crippen LogP contribution in [0, 0.1) is 0 Å². The third-order valence-electron chi connectivity index (χ3n) is 3.95. The minimum atomic E-state index is 1.09. The topological polar surface area (TPSA) is 0 Å². The summed E-state index contributed by atoms with van der Waals surface area (Å²) < 4.78 is 0. The van der Waals surface area contributed by atoms with Crippen LogP contribution >= 0.6 is 0 Å². The molecule has 0 unspecified atom stereocenters. The third kappa shape index (κ3) is 1.35. The molecule has 2 aliphatic carbocycles. The fourth-order valence-electron chi connectivity index (χ4n) is 3.33. The first-order chi connectivity index (χ1) is 7.40. The van der Waals surface area contributed by atoms with Gasteiger partial charge in [-0.15, -0.1) is 6.58 Å². The Morgan fingerprint density at radius 1 is 1.00 bits per heavy atom. The van der Waals surface area contributed by atoms with Crippen LogP contribution in [0.3, 0.4) is 0 Å². The lowest BCUT2D eigenvalue weighted by Gasteiger charge is -2.13. The van der Waals surface area contributed by atoms with Crippen LogP contribution in [0.1, 0.15) is 40.7 Å². The third-order valence-corrected chi connectivity index (χ3v) is 3.95. The van der Waals surface area contributed by atoms with Crippen LogP contribution in [-0.2, 0) is 32.1 Å². The van der Waals surface area contributed by atoms with Gasteiger partial charge < -0.3 is 0 Å². The van der Waals surface area contributed by atoms with Crippen LogP contribution in [0.2, 0.25) is 0 Å². The molecule has 0 amide bonds. The van der Waals surface area contributed by atoms with E-state index < -0.39 is 0 Å². The van der Waals surface area contributed by atoms with Gasteiger partial charge in [-0.05, 0) is 72.8 Å². The zero-order valence-electron chi connectivity index (χ0n) is 9.31. The van der Waals surface area contributed by atoms with Gasteiger partial charge in [0.25, 0.3) is 0 Å². The number of hydrogen-bond donors (Lipinski definition) is 0. The highest BCUT2D eigenvalue weighted by atomic mass is 14.3. The molecular weight excluding hydrogens is 180 g/mol. The average molecular weight is 198 g/mol. The summed E-state index contributed by atoms with van der Waals surface area (Å²) in [6, 6.07) is 2.50. The van der Waals surface area contributed by atoms with E-state index in [2.05, 4.69) is 18.7 Å². The van der Waals surface area contributed by atoms with Crippen molar-refractivity contribution >= 4 is 0 Å². The lowest BCUT2D eigenvalue weighted by molar-refractivity contribution is 0.889. The van der Waals surface area contributed by atoms with Gasteiger partial charge in [0.2, 0.25) is 0 Å². The zero-order chi connectivity index (χ0) is 10.3. The van der Waals surface area contributed by atoms with Gasteiger partial charge in [-0.25, -0.2) is 0 Å². The van der Waals surface area contributed by atoms with Crippen molar-refractivity contribution in [1.29, 1.82) is 0 Å². The lowest BCUT2D eigenvalue weighted by atomic mass is 9.92. The number of fused-ring (bicyclic) bond motifs is 2. The van der Waals surface area contributed by atoms with E-state index in [0.717, 1.165) is 6.42 Å². The van der Waals surface area contributed by atoms with Crippen molar-refractivity contribution < 1.29 is 0 Å². The van der Waals surface area contributed by atoms with E-state index in [1.54, 1.807) is 27.8 Å². The van der Waals surface area contributed by atoms with Gasteiger partial charge in [0.05, 0.1) is 0 Å². The van der Waals surface area contributed by atoms with E-state index in [9.17, 15) is 0 Å². The van der Waals surface area contributed by atoms with Gasteiger partial charge in [-0.1, -0.05) is 12.1 Å². The molecule has 0 heterocycles. The molecule has 0 aliphatic heterocycles. The minimum absolute atomic E-state index is 1.09. The van der Waals surface area contributed by atoms with Crippen molar-refractivity contribution in [3.8, 4) is 0 Å². The van der Waals surface area contributed by atoms with E-state index in [1.807, 2.05) is 0 Å². The molecular formula is C15H18. The maximum atomic E-state index is 3.91. The Kier molecular flexibility index (Phi) is 2.16. The molecule has 1 aromatic carbocycles. The van der Waals surface area contributed by atoms with Gasteiger partial charge in [-0.3, -0.25) is 0 Å².